The van der Waals surface area contributed by atoms with Gasteiger partial charge in [-0.25, -0.2) is 0 Å². The Labute approximate surface area is 178 Å². The van der Waals surface area contributed by atoms with Crippen molar-refractivity contribution in [2.24, 2.45) is 0 Å². The molecule has 2 unspecified atom stereocenters. The van der Waals surface area contributed by atoms with Gasteiger partial charge in [0.2, 0.25) is 5.91 Å². The molecule has 0 spiro atoms. The fourth-order valence-electron chi connectivity index (χ4n) is 3.29. The topological polar surface area (TPSA) is 63.2 Å². The summed E-state index contributed by atoms with van der Waals surface area (Å²) in [6, 6.07) is 20.9. The molecule has 5 heteroatoms. The number of hydrogen-bond donors (Lipinski definition) is 2. The molecule has 0 aliphatic rings. The monoisotopic (exact) mass is 403 g/mol. The lowest BCUT2D eigenvalue weighted by molar-refractivity contribution is -0.118. The quantitative estimate of drug-likeness (QED) is 0.530. The van der Waals surface area contributed by atoms with Crippen LogP contribution in [0.1, 0.15) is 49.5 Å². The highest BCUT2D eigenvalue weighted by atomic mass is 16.5. The second-order valence-corrected chi connectivity index (χ2v) is 7.44. The molecular formula is C25H29N3O2. The van der Waals surface area contributed by atoms with E-state index >= 15 is 0 Å². The number of nitrogens with one attached hydrogen (secondary N) is 2. The van der Waals surface area contributed by atoms with Crippen molar-refractivity contribution >= 4 is 5.91 Å². The molecule has 1 heterocycles. The summed E-state index contributed by atoms with van der Waals surface area (Å²) >= 11 is 0. The minimum atomic E-state index is 0.00935. The standard InChI is InChI=1S/C25H29N3O2/c1-18(22-8-6-21(7-9-22)14-16-27-20(3)29)28-19(2)23-10-12-24(13-11-23)30-25-5-4-15-26-17-25/h4-13,15,17-19,28H,14,16H2,1-3H3,(H,27,29). The van der Waals surface area contributed by atoms with Gasteiger partial charge in [-0.2, -0.15) is 0 Å². The van der Waals surface area contributed by atoms with E-state index in [1.165, 1.54) is 16.7 Å². The number of benzene rings is 2. The Morgan fingerprint density at radius 2 is 1.57 bits per heavy atom. The van der Waals surface area contributed by atoms with Crippen molar-refractivity contribution in [1.82, 2.24) is 15.6 Å². The van der Waals surface area contributed by atoms with Gasteiger partial charge in [-0.15, -0.1) is 0 Å². The predicted molar refractivity (Wildman–Crippen MR) is 120 cm³/mol. The van der Waals surface area contributed by atoms with Gasteiger partial charge in [0, 0.05) is 31.7 Å². The van der Waals surface area contributed by atoms with Gasteiger partial charge in [0.05, 0.1) is 6.20 Å². The second kappa shape index (κ2) is 10.6. The molecule has 0 saturated heterocycles. The fourth-order valence-corrected chi connectivity index (χ4v) is 3.29. The first-order valence-corrected chi connectivity index (χ1v) is 10.3. The lowest BCUT2D eigenvalue weighted by Crippen LogP contribution is -2.23. The summed E-state index contributed by atoms with van der Waals surface area (Å²) in [6.07, 6.45) is 4.26. The van der Waals surface area contributed by atoms with Crippen molar-refractivity contribution in [3.63, 3.8) is 0 Å². The normalized spacial score (nSPS) is 12.8. The van der Waals surface area contributed by atoms with Crippen molar-refractivity contribution in [3.8, 4) is 11.5 Å². The molecule has 0 aliphatic heterocycles. The molecule has 30 heavy (non-hydrogen) atoms. The van der Waals surface area contributed by atoms with Gasteiger partial charge in [0.25, 0.3) is 0 Å². The van der Waals surface area contributed by atoms with Crippen LogP contribution in [0.4, 0.5) is 0 Å². The van der Waals surface area contributed by atoms with Crippen LogP contribution in [0, 0.1) is 0 Å². The first-order valence-electron chi connectivity index (χ1n) is 10.3. The maximum absolute atomic E-state index is 11.0. The van der Waals surface area contributed by atoms with E-state index in [-0.39, 0.29) is 18.0 Å². The third-order valence-corrected chi connectivity index (χ3v) is 5.02. The van der Waals surface area contributed by atoms with Gasteiger partial charge in [-0.05, 0) is 61.2 Å². The molecule has 156 valence electrons. The zero-order chi connectivity index (χ0) is 21.3. The molecule has 0 aliphatic carbocycles. The Bertz CT molecular complexity index is 925. The van der Waals surface area contributed by atoms with E-state index in [2.05, 4.69) is 65.9 Å². The second-order valence-electron chi connectivity index (χ2n) is 7.44. The number of nitrogens with zero attached hydrogens (tertiary/aromatic N) is 1. The van der Waals surface area contributed by atoms with E-state index in [0.29, 0.717) is 6.54 Å². The molecule has 0 radical (unpaired) electrons. The largest absolute Gasteiger partial charge is 0.456 e. The van der Waals surface area contributed by atoms with Gasteiger partial charge < -0.3 is 15.4 Å². The summed E-state index contributed by atoms with van der Waals surface area (Å²) in [7, 11) is 0. The predicted octanol–water partition coefficient (Wildman–Crippen LogP) is 4.96. The minimum Gasteiger partial charge on any atom is -0.456 e. The first kappa shape index (κ1) is 21.5. The van der Waals surface area contributed by atoms with Gasteiger partial charge >= 0.3 is 0 Å². The Balaban J connectivity index is 1.53. The molecule has 3 rings (SSSR count). The van der Waals surface area contributed by atoms with Crippen LogP contribution in [0.5, 0.6) is 11.5 Å². The van der Waals surface area contributed by atoms with Crippen LogP contribution in [0.25, 0.3) is 0 Å². The van der Waals surface area contributed by atoms with E-state index in [1.807, 2.05) is 24.3 Å². The minimum absolute atomic E-state index is 0.00935. The summed E-state index contributed by atoms with van der Waals surface area (Å²) in [5.41, 5.74) is 3.66. The summed E-state index contributed by atoms with van der Waals surface area (Å²) in [6.45, 7) is 6.54. The van der Waals surface area contributed by atoms with Crippen LogP contribution in [0.15, 0.2) is 73.1 Å². The van der Waals surface area contributed by atoms with Crippen LogP contribution in [0.2, 0.25) is 0 Å². The molecule has 5 nitrogen and oxygen atoms in total. The van der Waals surface area contributed by atoms with E-state index in [4.69, 9.17) is 4.74 Å². The van der Waals surface area contributed by atoms with Crippen LogP contribution in [-0.4, -0.2) is 17.4 Å². The summed E-state index contributed by atoms with van der Waals surface area (Å²) in [4.78, 5) is 15.0. The fraction of sp³-hybridized carbons (Fsp3) is 0.280. The highest BCUT2D eigenvalue weighted by molar-refractivity contribution is 5.72. The van der Waals surface area contributed by atoms with Crippen molar-refractivity contribution in [3.05, 3.63) is 89.7 Å². The number of amides is 1. The Kier molecular flexibility index (Phi) is 7.57. The lowest BCUT2D eigenvalue weighted by Gasteiger charge is -2.21. The average molecular weight is 404 g/mol. The molecule has 2 aromatic carbocycles. The zero-order valence-corrected chi connectivity index (χ0v) is 17.8. The van der Waals surface area contributed by atoms with Crippen molar-refractivity contribution in [1.29, 1.82) is 0 Å². The van der Waals surface area contributed by atoms with Crippen molar-refractivity contribution < 1.29 is 9.53 Å². The molecule has 1 aromatic heterocycles. The Hall–Kier alpha value is -3.18. The number of hydrogen-bond acceptors (Lipinski definition) is 4. The van der Waals surface area contributed by atoms with E-state index < -0.39 is 0 Å². The number of rotatable bonds is 9. The summed E-state index contributed by atoms with van der Waals surface area (Å²) in [5, 5.41) is 6.48. The van der Waals surface area contributed by atoms with Gasteiger partial charge in [-0.1, -0.05) is 36.4 Å². The molecule has 2 N–H and O–H groups in total. The highest BCUT2D eigenvalue weighted by Gasteiger charge is 2.11. The highest BCUT2D eigenvalue weighted by Crippen LogP contribution is 2.24. The summed E-state index contributed by atoms with van der Waals surface area (Å²) in [5.74, 6) is 1.53. The maximum atomic E-state index is 11.0. The third-order valence-electron chi connectivity index (χ3n) is 5.02. The molecule has 0 bridgehead atoms. The van der Waals surface area contributed by atoms with Crippen molar-refractivity contribution in [2.75, 3.05) is 6.54 Å². The molecule has 0 fully saturated rings. The average Bonchev–Trinajstić information content (AvgIpc) is 2.75. The maximum Gasteiger partial charge on any atom is 0.216 e. The molecule has 2 atom stereocenters. The van der Waals surface area contributed by atoms with E-state index in [0.717, 1.165) is 17.9 Å². The van der Waals surface area contributed by atoms with Crippen molar-refractivity contribution in [2.45, 2.75) is 39.3 Å². The number of carbonyl (C=O) groups excluding carboxylic acids is 1. The van der Waals surface area contributed by atoms with Gasteiger partial charge in [0.1, 0.15) is 11.5 Å². The van der Waals surface area contributed by atoms with E-state index in [1.54, 1.807) is 19.3 Å². The smallest absolute Gasteiger partial charge is 0.216 e. The van der Waals surface area contributed by atoms with Gasteiger partial charge in [-0.3, -0.25) is 9.78 Å². The Morgan fingerprint density at radius 1 is 0.933 bits per heavy atom. The molecule has 3 aromatic rings. The van der Waals surface area contributed by atoms with E-state index in [9.17, 15) is 4.79 Å². The first-order chi connectivity index (χ1) is 14.5. The van der Waals surface area contributed by atoms with Crippen LogP contribution >= 0.6 is 0 Å². The van der Waals surface area contributed by atoms with Crippen LogP contribution < -0.4 is 15.4 Å². The lowest BCUT2D eigenvalue weighted by atomic mass is 10.0. The number of carbonyl (C=O) groups is 1. The van der Waals surface area contributed by atoms with Crippen LogP contribution in [-0.2, 0) is 11.2 Å². The third kappa shape index (κ3) is 6.42. The Morgan fingerprint density at radius 3 is 2.13 bits per heavy atom. The SMILES string of the molecule is CC(=O)NCCc1ccc(C(C)NC(C)c2ccc(Oc3cccnc3)cc2)cc1. The number of aromatic nitrogens is 1. The zero-order valence-electron chi connectivity index (χ0n) is 17.8. The summed E-state index contributed by atoms with van der Waals surface area (Å²) < 4.78 is 5.81. The number of ether oxygens (including phenoxy) is 1. The molecular weight excluding hydrogens is 374 g/mol. The number of pyridine rings is 1. The molecule has 0 saturated carbocycles. The molecule has 1 amide bonds. The van der Waals surface area contributed by atoms with Gasteiger partial charge in [0.15, 0.2) is 0 Å². The van der Waals surface area contributed by atoms with Crippen LogP contribution in [0.3, 0.4) is 0 Å².